The molecule has 0 saturated heterocycles. The third-order valence-corrected chi connectivity index (χ3v) is 0. The first-order chi connectivity index (χ1) is 6.00. The Hall–Kier alpha value is -0.480. The minimum absolute atomic E-state index is 6.00. The molecule has 12 N–H and O–H groups in total. The summed E-state index contributed by atoms with van der Waals surface area (Å²) < 4.78 is 0. The van der Waals surface area contributed by atoms with Crippen LogP contribution in [0.25, 0.3) is 0 Å². The van der Waals surface area contributed by atoms with Crippen LogP contribution >= 0.6 is 0 Å². The average molecular weight is 204 g/mol. The van der Waals surface area contributed by atoms with E-state index in [4.69, 9.17) is 63.1 Å². The number of rotatable bonds is 0. The van der Waals surface area contributed by atoms with Crippen molar-refractivity contribution >= 4 is 0 Å². The highest BCUT2D eigenvalue weighted by molar-refractivity contribution is 1.83. The van der Waals surface area contributed by atoms with Crippen LogP contribution in [0.3, 0.4) is 0 Å². The SMILES string of the molecule is OO.OO.OO.OO.OO.OO. The lowest BCUT2D eigenvalue weighted by Gasteiger charge is -1.25. The average Bonchev–Trinajstić information content (AvgIpc) is 2.33. The summed E-state index contributed by atoms with van der Waals surface area (Å²) in [7, 11) is 0. The van der Waals surface area contributed by atoms with Crippen molar-refractivity contribution in [2.45, 2.75) is 0 Å². The summed E-state index contributed by atoms with van der Waals surface area (Å²) in [6.07, 6.45) is 0. The Morgan fingerprint density at radius 2 is 0.167 bits per heavy atom. The van der Waals surface area contributed by atoms with E-state index in [-0.39, 0.29) is 0 Å². The third-order valence-electron chi connectivity index (χ3n) is 0. The summed E-state index contributed by atoms with van der Waals surface area (Å²) >= 11 is 0. The van der Waals surface area contributed by atoms with E-state index in [0.717, 1.165) is 0 Å². The molecule has 0 rings (SSSR count). The van der Waals surface area contributed by atoms with Crippen LogP contribution in [0.4, 0.5) is 0 Å². The van der Waals surface area contributed by atoms with Gasteiger partial charge in [-0.2, -0.15) is 0 Å². The fourth-order valence-corrected chi connectivity index (χ4v) is 0. The molecule has 0 heterocycles. The molecule has 12 heteroatoms. The minimum Gasteiger partial charge on any atom is -0.255 e. The zero-order valence-corrected chi connectivity index (χ0v) is 5.37. The van der Waals surface area contributed by atoms with Gasteiger partial charge in [0.1, 0.15) is 0 Å². The van der Waals surface area contributed by atoms with E-state index in [0.29, 0.717) is 0 Å². The van der Waals surface area contributed by atoms with Crippen molar-refractivity contribution in [3.05, 3.63) is 0 Å². The van der Waals surface area contributed by atoms with Gasteiger partial charge in [0.2, 0.25) is 0 Å². The maximum Gasteiger partial charge on any atom is -0.255 e. The van der Waals surface area contributed by atoms with E-state index in [1.807, 2.05) is 0 Å². The van der Waals surface area contributed by atoms with Gasteiger partial charge in [-0.1, -0.05) is 0 Å². The molecule has 0 aliphatic carbocycles. The summed E-state index contributed by atoms with van der Waals surface area (Å²) in [4.78, 5) is 0. The second kappa shape index (κ2) is 4140. The fraction of sp³-hybridized carbons (Fsp3) is 0. The van der Waals surface area contributed by atoms with E-state index in [1.165, 1.54) is 0 Å². The largest absolute Gasteiger partial charge is 0.255 e. The van der Waals surface area contributed by atoms with Crippen LogP contribution in [0.15, 0.2) is 0 Å². The topological polar surface area (TPSA) is 243 Å². The molecule has 0 fully saturated rings. The van der Waals surface area contributed by atoms with Gasteiger partial charge in [0, 0.05) is 0 Å². The van der Waals surface area contributed by atoms with Crippen LogP contribution in [0.5, 0.6) is 0 Å². The summed E-state index contributed by atoms with van der Waals surface area (Å²) in [6.45, 7) is 0. The van der Waals surface area contributed by atoms with Gasteiger partial charge < -0.3 is 0 Å². The zero-order chi connectivity index (χ0) is 12.0. The first-order valence-electron chi connectivity index (χ1n) is 1.20. The Bertz CT molecular complexity index is 0. The molecule has 84 valence electrons. The van der Waals surface area contributed by atoms with E-state index in [1.54, 1.807) is 0 Å². The molecule has 0 spiro atoms. The zero-order valence-electron chi connectivity index (χ0n) is 5.37. The quantitative estimate of drug-likeness (QED) is 0.185. The van der Waals surface area contributed by atoms with E-state index in [2.05, 4.69) is 0 Å². The molecule has 12 heavy (non-hydrogen) atoms. The molecule has 0 unspecified atom stereocenters. The Balaban J connectivity index is -0.00000000900. The molecule has 0 aromatic rings. The Labute approximate surface area is 64.5 Å². The monoisotopic (exact) mass is 204 g/mol. The van der Waals surface area contributed by atoms with Gasteiger partial charge in [-0.3, -0.25) is 63.1 Å². The summed E-state index contributed by atoms with van der Waals surface area (Å²) in [5, 5.41) is 72.0. The van der Waals surface area contributed by atoms with Crippen LogP contribution in [0.2, 0.25) is 0 Å². The summed E-state index contributed by atoms with van der Waals surface area (Å²) in [6, 6.07) is 0. The molecule has 0 aromatic carbocycles. The van der Waals surface area contributed by atoms with E-state index < -0.39 is 0 Å². The van der Waals surface area contributed by atoms with Crippen LogP contribution in [-0.4, -0.2) is 63.1 Å². The van der Waals surface area contributed by atoms with Crippen molar-refractivity contribution in [2.24, 2.45) is 0 Å². The molecule has 0 radical (unpaired) electrons. The molecular formula is H12O12. The lowest BCUT2D eigenvalue weighted by Crippen LogP contribution is -1.29. The standard InChI is InChI=1S/6H2O2/c6*1-2/h6*1-2H. The Morgan fingerprint density at radius 1 is 0.167 bits per heavy atom. The minimum atomic E-state index is 6.00. The highest BCUT2D eigenvalue weighted by Crippen LogP contribution is 0.721. The van der Waals surface area contributed by atoms with Crippen LogP contribution in [0, 0.1) is 0 Å². The normalized spacial score (nSPS) is 3.00. The summed E-state index contributed by atoms with van der Waals surface area (Å²) in [5.74, 6) is 0. The lowest BCUT2D eigenvalue weighted by atomic mass is 15.0. The molecule has 0 aromatic heterocycles. The maximum atomic E-state index is 6.00. The van der Waals surface area contributed by atoms with Gasteiger partial charge in [0.15, 0.2) is 0 Å². The highest BCUT2D eigenvalue weighted by Gasteiger charge is 0.755. The molecule has 0 amide bonds. The van der Waals surface area contributed by atoms with Gasteiger partial charge in [-0.15, -0.1) is 0 Å². The number of hydrogen-bond donors (Lipinski definition) is 12. The van der Waals surface area contributed by atoms with Gasteiger partial charge in [-0.25, -0.2) is 0 Å². The van der Waals surface area contributed by atoms with Crippen molar-refractivity contribution in [3.63, 3.8) is 0 Å². The van der Waals surface area contributed by atoms with Gasteiger partial charge in [0.05, 0.1) is 0 Å². The first-order valence-corrected chi connectivity index (χ1v) is 1.20. The second-order valence-corrected chi connectivity index (χ2v) is 0. The predicted molar refractivity (Wildman–Crippen MR) is 31.5 cm³/mol. The first kappa shape index (κ1) is 41.8. The van der Waals surface area contributed by atoms with Crippen molar-refractivity contribution in [1.29, 1.82) is 0 Å². The highest BCUT2D eigenvalue weighted by atomic mass is 17.0. The van der Waals surface area contributed by atoms with Crippen molar-refractivity contribution in [2.75, 3.05) is 0 Å². The Kier molecular flexibility index (Phi) is 14400. The molecule has 12 nitrogen and oxygen atoms in total. The summed E-state index contributed by atoms with van der Waals surface area (Å²) in [5.41, 5.74) is 0. The van der Waals surface area contributed by atoms with Crippen LogP contribution < -0.4 is 0 Å². The molecule has 0 aliphatic heterocycles. The van der Waals surface area contributed by atoms with Gasteiger partial charge >= 0.3 is 0 Å². The predicted octanol–water partition coefficient (Wildman–Crippen LogP) is 0.104. The van der Waals surface area contributed by atoms with Crippen molar-refractivity contribution in [3.8, 4) is 0 Å². The molecule has 0 atom stereocenters. The van der Waals surface area contributed by atoms with E-state index in [9.17, 15) is 0 Å². The second-order valence-electron chi connectivity index (χ2n) is 0. The third kappa shape index (κ3) is 3000. The van der Waals surface area contributed by atoms with Gasteiger partial charge in [0.25, 0.3) is 0 Å². The maximum absolute atomic E-state index is 6.00. The molecule has 0 aliphatic rings. The molecule has 0 saturated carbocycles. The van der Waals surface area contributed by atoms with Crippen molar-refractivity contribution < 1.29 is 63.1 Å². The smallest absolute Gasteiger partial charge is 0.255 e. The van der Waals surface area contributed by atoms with E-state index >= 15 is 0 Å². The lowest BCUT2D eigenvalue weighted by molar-refractivity contribution is -0.176. The van der Waals surface area contributed by atoms with Crippen LogP contribution in [-0.2, 0) is 0 Å². The fourth-order valence-electron chi connectivity index (χ4n) is 0. The molecular weight excluding hydrogens is 192 g/mol. The Morgan fingerprint density at radius 3 is 0.167 bits per heavy atom. The molecule has 0 bridgehead atoms. The van der Waals surface area contributed by atoms with Gasteiger partial charge in [-0.05, 0) is 0 Å². The number of hydrogen-bond acceptors (Lipinski definition) is 12. The van der Waals surface area contributed by atoms with Crippen molar-refractivity contribution in [1.82, 2.24) is 0 Å². The van der Waals surface area contributed by atoms with Crippen LogP contribution in [0.1, 0.15) is 0 Å².